The highest BCUT2D eigenvalue weighted by Crippen LogP contribution is 2.26. The van der Waals surface area contributed by atoms with E-state index < -0.39 is 6.04 Å². The minimum atomic E-state index is -0.425. The molecule has 0 unspecified atom stereocenters. The van der Waals surface area contributed by atoms with Crippen molar-refractivity contribution in [2.75, 3.05) is 13.2 Å². The van der Waals surface area contributed by atoms with Gasteiger partial charge in [0.1, 0.15) is 6.04 Å². The van der Waals surface area contributed by atoms with E-state index in [-0.39, 0.29) is 17.9 Å². The molecule has 2 amide bonds. The highest BCUT2D eigenvalue weighted by molar-refractivity contribution is 6.01. The highest BCUT2D eigenvalue weighted by atomic mass is 16.5. The molecule has 1 aliphatic rings. The van der Waals surface area contributed by atoms with Crippen molar-refractivity contribution in [2.24, 2.45) is 5.92 Å². The van der Waals surface area contributed by atoms with Crippen LogP contribution in [0.25, 0.3) is 0 Å². The summed E-state index contributed by atoms with van der Waals surface area (Å²) in [6.07, 6.45) is 1.63. The topological polar surface area (TPSA) is 58.6 Å². The Morgan fingerprint density at radius 2 is 1.96 bits per heavy atom. The molecule has 1 heterocycles. The summed E-state index contributed by atoms with van der Waals surface area (Å²) in [7, 11) is 0. The second-order valence-electron chi connectivity index (χ2n) is 7.30. The molecule has 0 saturated heterocycles. The fraction of sp³-hybridized carbons (Fsp3) is 0.600. The minimum absolute atomic E-state index is 0.0421. The van der Waals surface area contributed by atoms with Gasteiger partial charge in [0.25, 0.3) is 5.91 Å². The number of nitrogens with zero attached hydrogens (tertiary/aromatic N) is 1. The van der Waals surface area contributed by atoms with Crippen LogP contribution < -0.4 is 5.32 Å². The Labute approximate surface area is 150 Å². The number of benzene rings is 1. The van der Waals surface area contributed by atoms with E-state index in [4.69, 9.17) is 4.74 Å². The van der Waals surface area contributed by atoms with Crippen LogP contribution in [-0.4, -0.2) is 42.0 Å². The lowest BCUT2D eigenvalue weighted by Gasteiger charge is -2.28. The first-order chi connectivity index (χ1) is 11.9. The number of rotatable bonds is 9. The molecule has 2 rings (SSSR count). The Kier molecular flexibility index (Phi) is 7.00. The molecule has 5 heteroatoms. The van der Waals surface area contributed by atoms with Crippen LogP contribution in [0, 0.1) is 5.92 Å². The number of hydrogen-bond donors (Lipinski definition) is 1. The summed E-state index contributed by atoms with van der Waals surface area (Å²) in [5.41, 5.74) is 1.72. The van der Waals surface area contributed by atoms with Crippen LogP contribution in [0.4, 0.5) is 0 Å². The Morgan fingerprint density at radius 3 is 2.60 bits per heavy atom. The van der Waals surface area contributed by atoms with Crippen molar-refractivity contribution in [2.45, 2.75) is 59.2 Å². The van der Waals surface area contributed by atoms with E-state index in [0.717, 1.165) is 17.5 Å². The molecule has 1 N–H and O–H groups in total. The van der Waals surface area contributed by atoms with Crippen molar-refractivity contribution in [3.63, 3.8) is 0 Å². The van der Waals surface area contributed by atoms with Gasteiger partial charge in [0.15, 0.2) is 0 Å². The molecule has 0 fully saturated rings. The van der Waals surface area contributed by atoms with Gasteiger partial charge in [-0.2, -0.15) is 0 Å². The third-order valence-electron chi connectivity index (χ3n) is 4.29. The molecule has 0 aliphatic carbocycles. The predicted octanol–water partition coefficient (Wildman–Crippen LogP) is 2.99. The Hall–Kier alpha value is -1.88. The molecule has 1 aliphatic heterocycles. The van der Waals surface area contributed by atoms with Gasteiger partial charge in [0.05, 0.1) is 6.10 Å². The third kappa shape index (κ3) is 5.30. The zero-order chi connectivity index (χ0) is 18.4. The van der Waals surface area contributed by atoms with Crippen LogP contribution in [0.2, 0.25) is 0 Å². The third-order valence-corrected chi connectivity index (χ3v) is 4.29. The van der Waals surface area contributed by atoms with E-state index >= 15 is 0 Å². The molecule has 0 bridgehead atoms. The number of fused-ring (bicyclic) bond motifs is 1. The molecule has 0 radical (unpaired) electrons. The van der Waals surface area contributed by atoms with Crippen molar-refractivity contribution in [1.82, 2.24) is 10.2 Å². The first kappa shape index (κ1) is 19.4. The van der Waals surface area contributed by atoms with E-state index in [1.54, 1.807) is 4.90 Å². The number of nitrogens with one attached hydrogen (secondary N) is 1. The quantitative estimate of drug-likeness (QED) is 0.699. The summed E-state index contributed by atoms with van der Waals surface area (Å²) in [5, 5.41) is 2.97. The largest absolute Gasteiger partial charge is 0.379 e. The summed E-state index contributed by atoms with van der Waals surface area (Å²) in [6.45, 7) is 9.84. The maximum atomic E-state index is 12.7. The van der Waals surface area contributed by atoms with Crippen molar-refractivity contribution < 1.29 is 14.3 Å². The van der Waals surface area contributed by atoms with Gasteiger partial charge in [-0.05, 0) is 44.2 Å². The lowest BCUT2D eigenvalue weighted by Crippen LogP contribution is -2.48. The Balaban J connectivity index is 1.97. The summed E-state index contributed by atoms with van der Waals surface area (Å²) in [4.78, 5) is 27.1. The zero-order valence-corrected chi connectivity index (χ0v) is 15.7. The highest BCUT2D eigenvalue weighted by Gasteiger charge is 2.36. The van der Waals surface area contributed by atoms with E-state index in [9.17, 15) is 9.59 Å². The van der Waals surface area contributed by atoms with Gasteiger partial charge in [0.2, 0.25) is 5.91 Å². The Bertz CT molecular complexity index is 598. The summed E-state index contributed by atoms with van der Waals surface area (Å²) in [6, 6.07) is 7.17. The standard InChI is InChI=1S/C20H30N2O3/c1-14(2)12-18(19(23)21-10-7-11-25-15(3)4)22-13-16-8-5-6-9-17(16)20(22)24/h5-6,8-9,14-15,18H,7,10-13H2,1-4H3,(H,21,23)/t18-/m0/s1. The van der Waals surface area contributed by atoms with Crippen LogP contribution in [0.1, 0.15) is 56.5 Å². The first-order valence-electron chi connectivity index (χ1n) is 9.18. The second kappa shape index (κ2) is 8.99. The fourth-order valence-electron chi connectivity index (χ4n) is 3.07. The molecule has 25 heavy (non-hydrogen) atoms. The average Bonchev–Trinajstić information content (AvgIpc) is 2.89. The molecular formula is C20H30N2O3. The maximum Gasteiger partial charge on any atom is 0.255 e. The van der Waals surface area contributed by atoms with Crippen LogP contribution >= 0.6 is 0 Å². The van der Waals surface area contributed by atoms with Crippen LogP contribution in [-0.2, 0) is 16.1 Å². The van der Waals surface area contributed by atoms with Crippen LogP contribution in [0.3, 0.4) is 0 Å². The monoisotopic (exact) mass is 346 g/mol. The van der Waals surface area contributed by atoms with Gasteiger partial charge < -0.3 is 15.0 Å². The number of amides is 2. The van der Waals surface area contributed by atoms with Crippen molar-refractivity contribution in [3.8, 4) is 0 Å². The maximum absolute atomic E-state index is 12.7. The SMILES string of the molecule is CC(C)C[C@@H](C(=O)NCCCOC(C)C)N1Cc2ccccc2C1=O. The van der Waals surface area contributed by atoms with Crippen LogP contribution in [0.5, 0.6) is 0 Å². The van der Waals surface area contributed by atoms with E-state index in [2.05, 4.69) is 19.2 Å². The molecule has 1 aromatic carbocycles. The lowest BCUT2D eigenvalue weighted by atomic mass is 10.0. The van der Waals surface area contributed by atoms with Gasteiger partial charge in [-0.3, -0.25) is 9.59 Å². The van der Waals surface area contributed by atoms with Gasteiger partial charge in [-0.15, -0.1) is 0 Å². The molecule has 138 valence electrons. The minimum Gasteiger partial charge on any atom is -0.379 e. The van der Waals surface area contributed by atoms with E-state index in [0.29, 0.717) is 32.0 Å². The molecular weight excluding hydrogens is 316 g/mol. The predicted molar refractivity (Wildman–Crippen MR) is 98.3 cm³/mol. The second-order valence-corrected chi connectivity index (χ2v) is 7.30. The first-order valence-corrected chi connectivity index (χ1v) is 9.18. The van der Waals surface area contributed by atoms with Gasteiger partial charge in [-0.25, -0.2) is 0 Å². The smallest absolute Gasteiger partial charge is 0.255 e. The summed E-state index contributed by atoms with van der Waals surface area (Å²) < 4.78 is 5.49. The number of hydrogen-bond acceptors (Lipinski definition) is 3. The fourth-order valence-corrected chi connectivity index (χ4v) is 3.07. The van der Waals surface area contributed by atoms with E-state index in [1.807, 2.05) is 38.1 Å². The Morgan fingerprint density at radius 1 is 1.24 bits per heavy atom. The van der Waals surface area contributed by atoms with Crippen LogP contribution in [0.15, 0.2) is 24.3 Å². The van der Waals surface area contributed by atoms with Gasteiger partial charge in [0, 0.05) is 25.3 Å². The molecule has 1 atom stereocenters. The van der Waals surface area contributed by atoms with E-state index in [1.165, 1.54) is 0 Å². The number of carbonyl (C=O) groups is 2. The molecule has 1 aromatic rings. The van der Waals surface area contributed by atoms with Gasteiger partial charge in [-0.1, -0.05) is 32.0 Å². The van der Waals surface area contributed by atoms with Crippen molar-refractivity contribution in [3.05, 3.63) is 35.4 Å². The normalized spacial score (nSPS) is 15.0. The molecule has 0 saturated carbocycles. The zero-order valence-electron chi connectivity index (χ0n) is 15.7. The molecule has 0 aromatic heterocycles. The average molecular weight is 346 g/mol. The molecule has 0 spiro atoms. The van der Waals surface area contributed by atoms with Crippen molar-refractivity contribution >= 4 is 11.8 Å². The number of carbonyl (C=O) groups excluding carboxylic acids is 2. The number of ether oxygens (including phenoxy) is 1. The summed E-state index contributed by atoms with van der Waals surface area (Å²) in [5.74, 6) is 0.218. The molecule has 5 nitrogen and oxygen atoms in total. The van der Waals surface area contributed by atoms with Crippen molar-refractivity contribution in [1.29, 1.82) is 0 Å². The van der Waals surface area contributed by atoms with Gasteiger partial charge >= 0.3 is 0 Å². The summed E-state index contributed by atoms with van der Waals surface area (Å²) >= 11 is 0. The lowest BCUT2D eigenvalue weighted by molar-refractivity contribution is -0.126.